The van der Waals surface area contributed by atoms with Crippen LogP contribution in [0.25, 0.3) is 11.0 Å². The van der Waals surface area contributed by atoms with Gasteiger partial charge in [-0.05, 0) is 45.4 Å². The molecule has 1 heterocycles. The molecule has 0 bridgehead atoms. The number of hydrogen-bond acceptors (Lipinski definition) is 2. The van der Waals surface area contributed by atoms with Crippen LogP contribution in [0.5, 0.6) is 0 Å². The zero-order chi connectivity index (χ0) is 14.4. The van der Waals surface area contributed by atoms with Crippen LogP contribution in [0.4, 0.5) is 0 Å². The third-order valence-electron chi connectivity index (χ3n) is 4.39. The van der Waals surface area contributed by atoms with E-state index in [-0.39, 0.29) is 11.0 Å². The summed E-state index contributed by atoms with van der Waals surface area (Å²) in [5, 5.41) is 0. The van der Waals surface area contributed by atoms with Gasteiger partial charge >= 0.3 is 0 Å². The Labute approximate surface area is 115 Å². The Bertz CT molecular complexity index is 600. The molecule has 0 amide bonds. The molecule has 0 fully saturated rings. The summed E-state index contributed by atoms with van der Waals surface area (Å²) in [7, 11) is 0. The van der Waals surface area contributed by atoms with E-state index < -0.39 is 0 Å². The second kappa shape index (κ2) is 4.34. The van der Waals surface area contributed by atoms with Crippen molar-refractivity contribution in [1.29, 1.82) is 0 Å². The summed E-state index contributed by atoms with van der Waals surface area (Å²) in [5.41, 5.74) is 9.36. The van der Waals surface area contributed by atoms with Crippen molar-refractivity contribution in [1.82, 2.24) is 9.55 Å². The Hall–Kier alpha value is -1.35. The van der Waals surface area contributed by atoms with E-state index in [0.717, 1.165) is 17.9 Å². The third-order valence-corrected chi connectivity index (χ3v) is 4.39. The molecule has 1 aromatic heterocycles. The highest BCUT2D eigenvalue weighted by Gasteiger charge is 2.39. The number of fused-ring (bicyclic) bond motifs is 1. The first-order valence-corrected chi connectivity index (χ1v) is 6.94. The maximum absolute atomic E-state index is 6.37. The smallest absolute Gasteiger partial charge is 0.117 e. The van der Waals surface area contributed by atoms with Gasteiger partial charge in [-0.2, -0.15) is 0 Å². The Morgan fingerprint density at radius 1 is 1.21 bits per heavy atom. The third kappa shape index (κ3) is 2.16. The number of rotatable bonds is 3. The van der Waals surface area contributed by atoms with E-state index in [1.807, 2.05) is 0 Å². The monoisotopic (exact) mass is 259 g/mol. The lowest BCUT2D eigenvalue weighted by Crippen LogP contribution is -2.51. The van der Waals surface area contributed by atoms with Crippen molar-refractivity contribution in [3.05, 3.63) is 29.6 Å². The van der Waals surface area contributed by atoms with Gasteiger partial charge in [0, 0.05) is 17.5 Å². The van der Waals surface area contributed by atoms with Crippen molar-refractivity contribution < 1.29 is 0 Å². The summed E-state index contributed by atoms with van der Waals surface area (Å²) < 4.78 is 2.28. The highest BCUT2D eigenvalue weighted by Crippen LogP contribution is 2.34. The second-order valence-electron chi connectivity index (χ2n) is 6.52. The summed E-state index contributed by atoms with van der Waals surface area (Å²) in [6.07, 6.45) is 0. The number of aryl methyl sites for hydroxylation is 2. The Morgan fingerprint density at radius 2 is 1.84 bits per heavy atom. The van der Waals surface area contributed by atoms with Crippen LogP contribution < -0.4 is 5.73 Å². The molecule has 0 unspecified atom stereocenters. The molecule has 0 aliphatic heterocycles. The standard InChI is InChI=1S/C16H25N3/c1-7-19-13-9-8-11(2)10-12(13)18-14(19)15(3,4)16(5,6)17/h8-10H,7,17H2,1-6H3. The maximum Gasteiger partial charge on any atom is 0.117 e. The van der Waals surface area contributed by atoms with Gasteiger partial charge in [0.2, 0.25) is 0 Å². The molecule has 0 atom stereocenters. The van der Waals surface area contributed by atoms with Gasteiger partial charge in [0.25, 0.3) is 0 Å². The number of hydrogen-bond donors (Lipinski definition) is 1. The van der Waals surface area contributed by atoms with Crippen LogP contribution in [0.2, 0.25) is 0 Å². The Kier molecular flexibility index (Phi) is 3.21. The van der Waals surface area contributed by atoms with Gasteiger partial charge in [-0.1, -0.05) is 19.9 Å². The number of nitrogens with two attached hydrogens (primary N) is 1. The lowest BCUT2D eigenvalue weighted by Gasteiger charge is -2.38. The average Bonchev–Trinajstić information content (AvgIpc) is 2.65. The minimum atomic E-state index is -0.323. The van der Waals surface area contributed by atoms with Crippen LogP contribution in [0.3, 0.4) is 0 Å². The average molecular weight is 259 g/mol. The summed E-state index contributed by atoms with van der Waals surface area (Å²) in [5.74, 6) is 1.07. The van der Waals surface area contributed by atoms with Gasteiger partial charge in [0.05, 0.1) is 11.0 Å². The van der Waals surface area contributed by atoms with E-state index in [0.29, 0.717) is 0 Å². The molecule has 2 rings (SSSR count). The molecule has 0 aliphatic rings. The van der Waals surface area contributed by atoms with Gasteiger partial charge in [-0.15, -0.1) is 0 Å². The number of aromatic nitrogens is 2. The summed E-state index contributed by atoms with van der Waals surface area (Å²) >= 11 is 0. The van der Waals surface area contributed by atoms with E-state index in [1.54, 1.807) is 0 Å². The number of benzene rings is 1. The first-order valence-electron chi connectivity index (χ1n) is 6.94. The lowest BCUT2D eigenvalue weighted by molar-refractivity contribution is 0.283. The van der Waals surface area contributed by atoms with Crippen LogP contribution in [0.1, 0.15) is 46.0 Å². The highest BCUT2D eigenvalue weighted by atomic mass is 15.1. The lowest BCUT2D eigenvalue weighted by atomic mass is 9.74. The van der Waals surface area contributed by atoms with Crippen molar-refractivity contribution >= 4 is 11.0 Å². The largest absolute Gasteiger partial charge is 0.328 e. The summed E-state index contributed by atoms with van der Waals surface area (Å²) in [6.45, 7) is 13.6. The molecule has 1 aromatic carbocycles. The van der Waals surface area contributed by atoms with Crippen LogP contribution in [0, 0.1) is 6.92 Å². The fraction of sp³-hybridized carbons (Fsp3) is 0.562. The van der Waals surface area contributed by atoms with Crippen LogP contribution in [0.15, 0.2) is 18.2 Å². The Morgan fingerprint density at radius 3 is 2.37 bits per heavy atom. The van der Waals surface area contributed by atoms with E-state index >= 15 is 0 Å². The van der Waals surface area contributed by atoms with E-state index in [1.165, 1.54) is 11.1 Å². The van der Waals surface area contributed by atoms with Gasteiger partial charge in [-0.3, -0.25) is 0 Å². The Balaban J connectivity index is 2.74. The van der Waals surface area contributed by atoms with Crippen LogP contribution in [-0.4, -0.2) is 15.1 Å². The molecule has 0 radical (unpaired) electrons. The minimum absolute atomic E-state index is 0.185. The summed E-state index contributed by atoms with van der Waals surface area (Å²) in [4.78, 5) is 4.87. The topological polar surface area (TPSA) is 43.8 Å². The van der Waals surface area contributed by atoms with Crippen molar-refractivity contribution in [3.63, 3.8) is 0 Å². The first kappa shape index (κ1) is 14.1. The second-order valence-corrected chi connectivity index (χ2v) is 6.52. The fourth-order valence-electron chi connectivity index (χ4n) is 2.33. The van der Waals surface area contributed by atoms with E-state index in [4.69, 9.17) is 10.7 Å². The van der Waals surface area contributed by atoms with Gasteiger partial charge in [-0.25, -0.2) is 4.98 Å². The maximum atomic E-state index is 6.37. The number of nitrogens with zero attached hydrogens (tertiary/aromatic N) is 2. The quantitative estimate of drug-likeness (QED) is 0.918. The molecular weight excluding hydrogens is 234 g/mol. The molecule has 3 heteroatoms. The molecule has 2 N–H and O–H groups in total. The van der Waals surface area contributed by atoms with Crippen LogP contribution >= 0.6 is 0 Å². The molecular formula is C16H25N3. The van der Waals surface area contributed by atoms with E-state index in [2.05, 4.69) is 64.3 Å². The fourth-order valence-corrected chi connectivity index (χ4v) is 2.33. The van der Waals surface area contributed by atoms with Crippen molar-refractivity contribution in [2.45, 2.75) is 59.0 Å². The molecule has 0 spiro atoms. The van der Waals surface area contributed by atoms with Crippen LogP contribution in [-0.2, 0) is 12.0 Å². The van der Waals surface area contributed by atoms with Crippen molar-refractivity contribution in [2.24, 2.45) is 5.73 Å². The zero-order valence-electron chi connectivity index (χ0n) is 12.9. The first-order chi connectivity index (χ1) is 8.68. The van der Waals surface area contributed by atoms with Gasteiger partial charge < -0.3 is 10.3 Å². The predicted octanol–water partition coefficient (Wildman–Crippen LogP) is 3.38. The molecule has 0 saturated carbocycles. The molecule has 2 aromatic rings. The summed E-state index contributed by atoms with van der Waals surface area (Å²) in [6, 6.07) is 6.44. The van der Waals surface area contributed by atoms with Crippen molar-refractivity contribution in [3.8, 4) is 0 Å². The van der Waals surface area contributed by atoms with Crippen molar-refractivity contribution in [2.75, 3.05) is 0 Å². The van der Waals surface area contributed by atoms with E-state index in [9.17, 15) is 0 Å². The molecule has 19 heavy (non-hydrogen) atoms. The molecule has 3 nitrogen and oxygen atoms in total. The molecule has 104 valence electrons. The minimum Gasteiger partial charge on any atom is -0.328 e. The normalized spacial score (nSPS) is 13.2. The van der Waals surface area contributed by atoms with Gasteiger partial charge in [0.1, 0.15) is 5.82 Å². The predicted molar refractivity (Wildman–Crippen MR) is 81.4 cm³/mol. The number of imidazole rings is 1. The molecule has 0 saturated heterocycles. The molecule has 0 aliphatic carbocycles. The zero-order valence-corrected chi connectivity index (χ0v) is 12.9. The van der Waals surface area contributed by atoms with Gasteiger partial charge in [0.15, 0.2) is 0 Å². The SMILES string of the molecule is CCn1c(C(C)(C)C(C)(C)N)nc2cc(C)ccc21. The highest BCUT2D eigenvalue weighted by molar-refractivity contribution is 5.77.